The van der Waals surface area contributed by atoms with Crippen LogP contribution in [-0.4, -0.2) is 45.4 Å². The lowest BCUT2D eigenvalue weighted by atomic mass is 9.72. The molecular formula is C21H31N3O2S2. The number of nitrogens with zero attached hydrogens (tertiary/aromatic N) is 3. The summed E-state index contributed by atoms with van der Waals surface area (Å²) in [6.45, 7) is 12.7. The van der Waals surface area contributed by atoms with Gasteiger partial charge in [0, 0.05) is 17.2 Å². The number of allylic oxidation sites excluding steroid dienone is 1. The first kappa shape index (κ1) is 21.6. The highest BCUT2D eigenvalue weighted by atomic mass is 32.2. The fraction of sp³-hybridized carbons (Fsp3) is 0.619. The van der Waals surface area contributed by atoms with Crippen LogP contribution in [0.25, 0.3) is 10.7 Å². The van der Waals surface area contributed by atoms with E-state index in [9.17, 15) is 0 Å². The lowest BCUT2D eigenvalue weighted by Gasteiger charge is -2.33. The molecule has 0 saturated heterocycles. The van der Waals surface area contributed by atoms with E-state index in [1.165, 1.54) is 28.2 Å². The molecule has 154 valence electrons. The second-order valence-electron chi connectivity index (χ2n) is 8.25. The van der Waals surface area contributed by atoms with Crippen molar-refractivity contribution in [3.63, 3.8) is 0 Å². The van der Waals surface area contributed by atoms with Gasteiger partial charge in [-0.2, -0.15) is 0 Å². The Kier molecular flexibility index (Phi) is 7.36. The predicted molar refractivity (Wildman–Crippen MR) is 117 cm³/mol. The number of ether oxygens (including phenoxy) is 1. The lowest BCUT2D eigenvalue weighted by Crippen LogP contribution is -2.26. The summed E-state index contributed by atoms with van der Waals surface area (Å²) in [6.07, 6.45) is 5.49. The summed E-state index contributed by atoms with van der Waals surface area (Å²) in [5.74, 6) is 2.45. The Morgan fingerprint density at radius 2 is 2.21 bits per heavy atom. The molecule has 2 aromatic heterocycles. The highest BCUT2D eigenvalue weighted by molar-refractivity contribution is 7.99. The topological polar surface area (TPSA) is 60.2 Å². The van der Waals surface area contributed by atoms with E-state index in [0.717, 1.165) is 29.1 Å². The third kappa shape index (κ3) is 5.06. The van der Waals surface area contributed by atoms with Crippen LogP contribution in [0.15, 0.2) is 23.9 Å². The molecule has 1 unspecified atom stereocenters. The molecule has 0 aliphatic heterocycles. The van der Waals surface area contributed by atoms with Gasteiger partial charge in [-0.15, -0.1) is 28.1 Å². The van der Waals surface area contributed by atoms with Gasteiger partial charge in [0.05, 0.1) is 24.7 Å². The Balaban J connectivity index is 1.77. The van der Waals surface area contributed by atoms with Crippen molar-refractivity contribution < 1.29 is 9.84 Å². The maximum atomic E-state index is 8.79. The van der Waals surface area contributed by atoms with Gasteiger partial charge in [0.1, 0.15) is 0 Å². The summed E-state index contributed by atoms with van der Waals surface area (Å²) >= 11 is 3.50. The molecular weight excluding hydrogens is 390 g/mol. The SMILES string of the molecule is C=CCn1c(SCCOCCO)nnc1-c1cc2c(s1)CCC(C(C)(C)C)C2. The normalized spacial score (nSPS) is 16.9. The summed E-state index contributed by atoms with van der Waals surface area (Å²) in [6, 6.07) is 2.33. The first-order valence-electron chi connectivity index (χ1n) is 9.91. The van der Waals surface area contributed by atoms with Gasteiger partial charge in [0.15, 0.2) is 11.0 Å². The minimum Gasteiger partial charge on any atom is -0.394 e. The molecule has 0 amide bonds. The lowest BCUT2D eigenvalue weighted by molar-refractivity contribution is 0.103. The standard InChI is InChI=1S/C21H31N3O2S2/c1-5-8-24-19(22-23-20(24)27-12-11-26-10-9-25)18-14-15-13-16(21(2,3)4)6-7-17(15)28-18/h5,14,16,25H,1,6-13H2,2-4H3. The molecule has 1 aliphatic carbocycles. The molecule has 1 atom stereocenters. The molecule has 1 N–H and O–H groups in total. The molecule has 2 heterocycles. The molecule has 28 heavy (non-hydrogen) atoms. The summed E-state index contributed by atoms with van der Waals surface area (Å²) in [7, 11) is 0. The summed E-state index contributed by atoms with van der Waals surface area (Å²) in [4.78, 5) is 2.72. The molecule has 7 heteroatoms. The largest absolute Gasteiger partial charge is 0.394 e. The Hall–Kier alpha value is -1.15. The average molecular weight is 422 g/mol. The van der Waals surface area contributed by atoms with Crippen LogP contribution in [0.4, 0.5) is 0 Å². The third-order valence-electron chi connectivity index (χ3n) is 5.25. The number of aliphatic hydroxyl groups is 1. The van der Waals surface area contributed by atoms with E-state index in [1.807, 2.05) is 17.4 Å². The van der Waals surface area contributed by atoms with Crippen molar-refractivity contribution in [2.45, 2.75) is 51.7 Å². The van der Waals surface area contributed by atoms with Crippen LogP contribution in [-0.2, 0) is 24.1 Å². The van der Waals surface area contributed by atoms with Gasteiger partial charge in [-0.3, -0.25) is 4.57 Å². The van der Waals surface area contributed by atoms with Gasteiger partial charge in [-0.1, -0.05) is 38.6 Å². The van der Waals surface area contributed by atoms with E-state index in [2.05, 4.69) is 48.2 Å². The van der Waals surface area contributed by atoms with Gasteiger partial charge in [0.25, 0.3) is 0 Å². The van der Waals surface area contributed by atoms with Crippen LogP contribution in [0.1, 0.15) is 37.6 Å². The van der Waals surface area contributed by atoms with Crippen molar-refractivity contribution in [3.8, 4) is 10.7 Å². The van der Waals surface area contributed by atoms with Crippen molar-refractivity contribution in [2.75, 3.05) is 25.6 Å². The van der Waals surface area contributed by atoms with E-state index in [1.54, 1.807) is 11.8 Å². The Morgan fingerprint density at radius 1 is 1.39 bits per heavy atom. The first-order valence-corrected chi connectivity index (χ1v) is 11.7. The van der Waals surface area contributed by atoms with Gasteiger partial charge in [-0.05, 0) is 42.2 Å². The van der Waals surface area contributed by atoms with Crippen LogP contribution in [0.2, 0.25) is 0 Å². The fourth-order valence-corrected chi connectivity index (χ4v) is 5.60. The van der Waals surface area contributed by atoms with Gasteiger partial charge < -0.3 is 9.84 Å². The van der Waals surface area contributed by atoms with Crippen LogP contribution >= 0.6 is 23.1 Å². The number of rotatable bonds is 9. The van der Waals surface area contributed by atoms with E-state index < -0.39 is 0 Å². The smallest absolute Gasteiger partial charge is 0.191 e. The molecule has 0 aromatic carbocycles. The van der Waals surface area contributed by atoms with E-state index in [0.29, 0.717) is 25.2 Å². The first-order chi connectivity index (χ1) is 13.4. The number of aliphatic hydroxyl groups excluding tert-OH is 1. The third-order valence-corrected chi connectivity index (χ3v) is 7.41. The van der Waals surface area contributed by atoms with E-state index in [-0.39, 0.29) is 6.61 Å². The summed E-state index contributed by atoms with van der Waals surface area (Å²) < 4.78 is 7.48. The van der Waals surface area contributed by atoms with Gasteiger partial charge in [0.2, 0.25) is 0 Å². The van der Waals surface area contributed by atoms with Crippen LogP contribution in [0, 0.1) is 11.3 Å². The van der Waals surface area contributed by atoms with E-state index in [4.69, 9.17) is 9.84 Å². The van der Waals surface area contributed by atoms with Crippen LogP contribution in [0.3, 0.4) is 0 Å². The Labute approximate surface area is 176 Å². The van der Waals surface area contributed by atoms with Crippen molar-refractivity contribution in [3.05, 3.63) is 29.2 Å². The Bertz CT molecular complexity index is 792. The molecule has 0 radical (unpaired) electrons. The Morgan fingerprint density at radius 3 is 2.93 bits per heavy atom. The van der Waals surface area contributed by atoms with Crippen molar-refractivity contribution in [1.29, 1.82) is 0 Å². The molecule has 2 aromatic rings. The highest BCUT2D eigenvalue weighted by Crippen LogP contribution is 2.42. The number of fused-ring (bicyclic) bond motifs is 1. The zero-order valence-corrected chi connectivity index (χ0v) is 18.7. The summed E-state index contributed by atoms with van der Waals surface area (Å²) in [5.41, 5.74) is 1.84. The van der Waals surface area contributed by atoms with Gasteiger partial charge in [-0.25, -0.2) is 0 Å². The monoisotopic (exact) mass is 421 g/mol. The number of hydrogen-bond donors (Lipinski definition) is 1. The highest BCUT2D eigenvalue weighted by Gasteiger charge is 2.30. The zero-order valence-electron chi connectivity index (χ0n) is 17.1. The van der Waals surface area contributed by atoms with Crippen LogP contribution < -0.4 is 0 Å². The molecule has 0 spiro atoms. The second-order valence-corrected chi connectivity index (χ2v) is 10.5. The van der Waals surface area contributed by atoms with Crippen molar-refractivity contribution in [1.82, 2.24) is 14.8 Å². The molecule has 0 fully saturated rings. The molecule has 0 saturated carbocycles. The molecule has 5 nitrogen and oxygen atoms in total. The zero-order chi connectivity index (χ0) is 20.1. The number of aryl methyl sites for hydroxylation is 1. The van der Waals surface area contributed by atoms with Crippen molar-refractivity contribution >= 4 is 23.1 Å². The van der Waals surface area contributed by atoms with Crippen LogP contribution in [0.5, 0.6) is 0 Å². The maximum Gasteiger partial charge on any atom is 0.191 e. The molecule has 0 bridgehead atoms. The number of thioether (sulfide) groups is 1. The number of hydrogen-bond acceptors (Lipinski definition) is 6. The predicted octanol–water partition coefficient (Wildman–Crippen LogP) is 4.44. The van der Waals surface area contributed by atoms with E-state index >= 15 is 0 Å². The second kappa shape index (κ2) is 9.57. The number of aromatic nitrogens is 3. The summed E-state index contributed by atoms with van der Waals surface area (Å²) in [5, 5.41) is 18.6. The quantitative estimate of drug-likeness (QED) is 0.368. The fourth-order valence-electron chi connectivity index (χ4n) is 3.60. The molecule has 3 rings (SSSR count). The average Bonchev–Trinajstić information content (AvgIpc) is 3.24. The number of thiophene rings is 1. The maximum absolute atomic E-state index is 8.79. The van der Waals surface area contributed by atoms with Crippen molar-refractivity contribution in [2.24, 2.45) is 11.3 Å². The van der Waals surface area contributed by atoms with Gasteiger partial charge >= 0.3 is 0 Å². The minimum absolute atomic E-state index is 0.0561. The molecule has 1 aliphatic rings. The minimum atomic E-state index is 0.0561.